The van der Waals surface area contributed by atoms with Crippen LogP contribution in [0.15, 0.2) is 28.8 Å². The van der Waals surface area contributed by atoms with Crippen molar-refractivity contribution in [3.05, 3.63) is 40.3 Å². The van der Waals surface area contributed by atoms with Crippen LogP contribution in [0.2, 0.25) is 10.0 Å². The summed E-state index contributed by atoms with van der Waals surface area (Å²) in [7, 11) is 0. The number of amides is 1. The molecule has 2 aromatic rings. The van der Waals surface area contributed by atoms with Gasteiger partial charge in [0.05, 0.1) is 11.2 Å². The van der Waals surface area contributed by atoms with Crippen LogP contribution >= 0.6 is 23.2 Å². The van der Waals surface area contributed by atoms with Crippen LogP contribution in [0, 0.1) is 5.92 Å². The maximum Gasteiger partial charge on any atom is 0.307 e. The second-order valence-corrected chi connectivity index (χ2v) is 7.61. The Kier molecular flexibility index (Phi) is 4.48. The van der Waals surface area contributed by atoms with Gasteiger partial charge in [-0.15, -0.1) is 0 Å². The molecule has 3 fully saturated rings. The van der Waals surface area contributed by atoms with Crippen molar-refractivity contribution in [1.29, 1.82) is 0 Å². The number of carbonyl (C=O) groups excluding carboxylic acids is 1. The number of aromatic nitrogens is 1. The van der Waals surface area contributed by atoms with E-state index in [1.807, 2.05) is 0 Å². The molecular weight excluding hydrogens is 361 g/mol. The number of carbonyl (C=O) groups is 1. The highest BCUT2D eigenvalue weighted by Gasteiger charge is 2.40. The molecule has 0 saturated carbocycles. The number of oxazole rings is 1. The maximum absolute atomic E-state index is 12.6. The lowest BCUT2D eigenvalue weighted by Gasteiger charge is -2.49. The van der Waals surface area contributed by atoms with Gasteiger partial charge in [-0.25, -0.2) is 4.98 Å². The normalized spacial score (nSPS) is 28.1. The van der Waals surface area contributed by atoms with Crippen LogP contribution in [-0.2, 0) is 0 Å². The summed E-state index contributed by atoms with van der Waals surface area (Å²) in [5, 5.41) is 4.12. The molecule has 0 radical (unpaired) electrons. The van der Waals surface area contributed by atoms with Crippen molar-refractivity contribution < 1.29 is 9.21 Å². The number of halogens is 2. The topological polar surface area (TPSA) is 58.4 Å². The van der Waals surface area contributed by atoms with Crippen LogP contribution in [0.1, 0.15) is 30.5 Å². The van der Waals surface area contributed by atoms with Crippen LogP contribution in [0.5, 0.6) is 0 Å². The molecule has 0 aliphatic carbocycles. The zero-order valence-electron chi connectivity index (χ0n) is 13.8. The van der Waals surface area contributed by atoms with Gasteiger partial charge in [-0.3, -0.25) is 9.69 Å². The largest absolute Gasteiger partial charge is 0.432 e. The van der Waals surface area contributed by atoms with Gasteiger partial charge in [0.25, 0.3) is 5.89 Å². The van der Waals surface area contributed by atoms with Crippen molar-refractivity contribution in [2.24, 2.45) is 5.92 Å². The predicted molar refractivity (Wildman–Crippen MR) is 97.0 cm³/mol. The van der Waals surface area contributed by atoms with E-state index in [2.05, 4.69) is 22.1 Å². The molecule has 5 nitrogen and oxygen atoms in total. The molecule has 2 bridgehead atoms. The van der Waals surface area contributed by atoms with Gasteiger partial charge in [0.15, 0.2) is 5.76 Å². The molecule has 25 heavy (non-hydrogen) atoms. The van der Waals surface area contributed by atoms with E-state index < -0.39 is 0 Å². The number of fused-ring (bicyclic) bond motifs is 3. The van der Waals surface area contributed by atoms with E-state index in [-0.39, 0.29) is 17.8 Å². The van der Waals surface area contributed by atoms with Gasteiger partial charge in [-0.2, -0.15) is 0 Å². The van der Waals surface area contributed by atoms with Crippen LogP contribution in [0.4, 0.5) is 0 Å². The first-order valence-electron chi connectivity index (χ1n) is 8.49. The van der Waals surface area contributed by atoms with Crippen molar-refractivity contribution in [2.45, 2.75) is 31.8 Å². The second-order valence-electron chi connectivity index (χ2n) is 6.77. The van der Waals surface area contributed by atoms with Crippen LogP contribution < -0.4 is 5.32 Å². The Morgan fingerprint density at radius 3 is 2.76 bits per heavy atom. The molecule has 3 saturated heterocycles. The minimum absolute atomic E-state index is 0.0599. The molecule has 5 rings (SSSR count). The highest BCUT2D eigenvalue weighted by Crippen LogP contribution is 2.33. The number of piperidine rings is 3. The Balaban J connectivity index is 1.51. The molecule has 3 aliphatic heterocycles. The van der Waals surface area contributed by atoms with E-state index in [0.717, 1.165) is 25.9 Å². The molecule has 1 amide bonds. The first-order chi connectivity index (χ1) is 12.0. The predicted octanol–water partition coefficient (Wildman–Crippen LogP) is 3.86. The number of hydrogen-bond donors (Lipinski definition) is 1. The summed E-state index contributed by atoms with van der Waals surface area (Å²) < 4.78 is 5.64. The first kappa shape index (κ1) is 16.9. The van der Waals surface area contributed by atoms with Crippen molar-refractivity contribution in [1.82, 2.24) is 15.2 Å². The van der Waals surface area contributed by atoms with Crippen molar-refractivity contribution >= 4 is 29.1 Å². The lowest BCUT2D eigenvalue weighted by molar-refractivity contribution is 0.0210. The summed E-state index contributed by atoms with van der Waals surface area (Å²) in [4.78, 5) is 19.1. The zero-order chi connectivity index (χ0) is 17.6. The first-order valence-corrected chi connectivity index (χ1v) is 9.24. The number of benzene rings is 1. The molecule has 132 valence electrons. The van der Waals surface area contributed by atoms with Crippen molar-refractivity contribution in [3.8, 4) is 11.3 Å². The van der Waals surface area contributed by atoms with Gasteiger partial charge in [-0.05, 0) is 57.0 Å². The summed E-state index contributed by atoms with van der Waals surface area (Å²) >= 11 is 12.1. The van der Waals surface area contributed by atoms with E-state index >= 15 is 0 Å². The average Bonchev–Trinajstić information content (AvgIpc) is 3.08. The molecule has 0 spiro atoms. The van der Waals surface area contributed by atoms with Crippen LogP contribution in [-0.4, -0.2) is 41.0 Å². The Morgan fingerprint density at radius 2 is 2.08 bits per heavy atom. The summed E-state index contributed by atoms with van der Waals surface area (Å²) in [6.45, 7) is 4.41. The SMILES string of the molecule is C[C@H]1[C@H](NC(=O)c2ncc(-c3ccc(Cl)cc3Cl)o2)C2CCN1CC2. The Hall–Kier alpha value is -1.56. The lowest BCUT2D eigenvalue weighted by atomic mass is 9.79. The standard InChI is InChI=1S/C18H19Cl2N3O2/c1-10-16(11-4-6-23(10)7-5-11)22-17(24)18-21-9-15(25-18)13-3-2-12(19)8-14(13)20/h2-3,8-11,16H,4-7H2,1H3,(H,22,24)/t10-,16-/m0/s1. The number of rotatable bonds is 3. The van der Waals surface area contributed by atoms with Crippen molar-refractivity contribution in [3.63, 3.8) is 0 Å². The summed E-state index contributed by atoms with van der Waals surface area (Å²) in [6.07, 6.45) is 3.78. The van der Waals surface area contributed by atoms with Gasteiger partial charge in [0.2, 0.25) is 0 Å². The van der Waals surface area contributed by atoms with Crippen molar-refractivity contribution in [2.75, 3.05) is 13.1 Å². The Labute approximate surface area is 156 Å². The number of hydrogen-bond acceptors (Lipinski definition) is 4. The van der Waals surface area contributed by atoms with E-state index in [1.165, 1.54) is 6.20 Å². The molecule has 1 N–H and O–H groups in total. The number of nitrogens with one attached hydrogen (secondary N) is 1. The molecule has 3 aliphatic rings. The third kappa shape index (κ3) is 3.16. The minimum atomic E-state index is -0.276. The molecule has 2 atom stereocenters. The molecular formula is C18H19Cl2N3O2. The summed E-state index contributed by atoms with van der Waals surface area (Å²) in [6, 6.07) is 5.60. The number of nitrogens with zero attached hydrogens (tertiary/aromatic N) is 2. The fourth-order valence-corrected chi connectivity index (χ4v) is 4.45. The van der Waals surface area contributed by atoms with E-state index in [1.54, 1.807) is 18.2 Å². The third-order valence-electron chi connectivity index (χ3n) is 5.37. The summed E-state index contributed by atoms with van der Waals surface area (Å²) in [5.74, 6) is 0.768. The van der Waals surface area contributed by atoms with Crippen LogP contribution in [0.3, 0.4) is 0 Å². The third-order valence-corrected chi connectivity index (χ3v) is 5.92. The molecule has 0 unspecified atom stereocenters. The Morgan fingerprint density at radius 1 is 1.32 bits per heavy atom. The fraction of sp³-hybridized carbons (Fsp3) is 0.444. The quantitative estimate of drug-likeness (QED) is 0.879. The highest BCUT2D eigenvalue weighted by molar-refractivity contribution is 6.36. The van der Waals surface area contributed by atoms with E-state index in [0.29, 0.717) is 33.3 Å². The highest BCUT2D eigenvalue weighted by atomic mass is 35.5. The summed E-state index contributed by atoms with van der Waals surface area (Å²) in [5.41, 5.74) is 0.661. The zero-order valence-corrected chi connectivity index (χ0v) is 15.3. The smallest absolute Gasteiger partial charge is 0.307 e. The van der Waals surface area contributed by atoms with Gasteiger partial charge in [0, 0.05) is 22.7 Å². The molecule has 4 heterocycles. The molecule has 1 aromatic heterocycles. The van der Waals surface area contributed by atoms with E-state index in [4.69, 9.17) is 27.6 Å². The molecule has 1 aromatic carbocycles. The van der Waals surface area contributed by atoms with E-state index in [9.17, 15) is 4.79 Å². The minimum Gasteiger partial charge on any atom is -0.432 e. The monoisotopic (exact) mass is 379 g/mol. The van der Waals surface area contributed by atoms with Gasteiger partial charge >= 0.3 is 5.91 Å². The van der Waals surface area contributed by atoms with Gasteiger partial charge < -0.3 is 9.73 Å². The van der Waals surface area contributed by atoms with Gasteiger partial charge in [0.1, 0.15) is 0 Å². The molecule has 7 heteroatoms. The second kappa shape index (κ2) is 6.63. The lowest BCUT2D eigenvalue weighted by Crippen LogP contribution is -2.62. The maximum atomic E-state index is 12.6. The van der Waals surface area contributed by atoms with Crippen LogP contribution in [0.25, 0.3) is 11.3 Å². The van der Waals surface area contributed by atoms with Gasteiger partial charge in [-0.1, -0.05) is 23.2 Å². The average molecular weight is 380 g/mol. The Bertz CT molecular complexity index is 797. The fourth-order valence-electron chi connectivity index (χ4n) is 3.95.